The number of likely N-dealkylation sites (tertiary alicyclic amines) is 1. The minimum Gasteiger partial charge on any atom is -0.492 e. The van der Waals surface area contributed by atoms with Gasteiger partial charge < -0.3 is 14.5 Å². The Hall–Kier alpha value is -2.08. The van der Waals surface area contributed by atoms with Crippen LogP contribution in [0.25, 0.3) is 0 Å². The highest BCUT2D eigenvalue weighted by Gasteiger charge is 2.36. The molecule has 0 aliphatic carbocycles. The van der Waals surface area contributed by atoms with E-state index in [1.165, 1.54) is 0 Å². The predicted octanol–water partition coefficient (Wildman–Crippen LogP) is 1.08. The number of amides is 2. The Balaban J connectivity index is 1.38. The lowest BCUT2D eigenvalue weighted by molar-refractivity contribution is -0.137. The third kappa shape index (κ3) is 4.51. The molecule has 1 atom stereocenters. The molecule has 0 bridgehead atoms. The van der Waals surface area contributed by atoms with Crippen LogP contribution in [-0.2, 0) is 9.59 Å². The first-order valence-corrected chi connectivity index (χ1v) is 9.14. The van der Waals surface area contributed by atoms with Crippen LogP contribution in [-0.4, -0.2) is 78.9 Å². The zero-order valence-electron chi connectivity index (χ0n) is 14.9. The quantitative estimate of drug-likeness (QED) is 0.774. The van der Waals surface area contributed by atoms with Crippen molar-refractivity contribution in [3.63, 3.8) is 0 Å². The molecule has 2 saturated heterocycles. The lowest BCUT2D eigenvalue weighted by atomic mass is 10.1. The van der Waals surface area contributed by atoms with E-state index in [9.17, 15) is 9.59 Å². The molecule has 1 aromatic rings. The molecule has 0 spiro atoms. The normalized spacial score (nSPS) is 21.6. The molecule has 2 amide bonds. The van der Waals surface area contributed by atoms with Crippen molar-refractivity contribution in [2.75, 3.05) is 52.4 Å². The van der Waals surface area contributed by atoms with Crippen molar-refractivity contribution in [3.05, 3.63) is 30.3 Å². The van der Waals surface area contributed by atoms with Gasteiger partial charge in [0.25, 0.3) is 0 Å². The molecule has 0 saturated carbocycles. The second kappa shape index (κ2) is 8.34. The number of nitrogens with zero attached hydrogens (tertiary/aromatic N) is 3. The first-order valence-electron chi connectivity index (χ1n) is 9.14. The van der Waals surface area contributed by atoms with Gasteiger partial charge in [0, 0.05) is 52.2 Å². The highest BCUT2D eigenvalue weighted by Crippen LogP contribution is 2.20. The van der Waals surface area contributed by atoms with Crippen LogP contribution in [0.3, 0.4) is 0 Å². The maximum atomic E-state index is 12.6. The average molecular weight is 345 g/mol. The summed E-state index contributed by atoms with van der Waals surface area (Å²) in [7, 11) is 0. The van der Waals surface area contributed by atoms with E-state index in [4.69, 9.17) is 4.74 Å². The van der Waals surface area contributed by atoms with E-state index >= 15 is 0 Å². The molecule has 25 heavy (non-hydrogen) atoms. The standard InChI is InChI=1S/C19H27N3O3/c1-2-21-15-16(14-18(21)23)19(24)22-10-8-20(9-11-22)12-13-25-17-6-4-3-5-7-17/h3-7,16H,2,8-15H2,1H3/t16-/m1/s1. The Bertz CT molecular complexity index is 585. The Morgan fingerprint density at radius 1 is 1.16 bits per heavy atom. The molecular weight excluding hydrogens is 318 g/mol. The minimum absolute atomic E-state index is 0.109. The van der Waals surface area contributed by atoms with Crippen LogP contribution in [0, 0.1) is 5.92 Å². The van der Waals surface area contributed by atoms with Crippen LogP contribution >= 0.6 is 0 Å². The second-order valence-corrected chi connectivity index (χ2v) is 6.66. The fourth-order valence-electron chi connectivity index (χ4n) is 3.50. The van der Waals surface area contributed by atoms with Crippen molar-refractivity contribution in [2.24, 2.45) is 5.92 Å². The van der Waals surface area contributed by atoms with Gasteiger partial charge in [-0.3, -0.25) is 14.5 Å². The summed E-state index contributed by atoms with van der Waals surface area (Å²) in [6.45, 7) is 7.95. The summed E-state index contributed by atoms with van der Waals surface area (Å²) in [5.41, 5.74) is 0. The topological polar surface area (TPSA) is 53.1 Å². The average Bonchev–Trinajstić information content (AvgIpc) is 3.03. The number of piperazine rings is 1. The van der Waals surface area contributed by atoms with E-state index in [1.807, 2.05) is 42.2 Å². The number of rotatable bonds is 6. The highest BCUT2D eigenvalue weighted by molar-refractivity contribution is 5.89. The van der Waals surface area contributed by atoms with Gasteiger partial charge in [0.1, 0.15) is 12.4 Å². The Labute approximate surface area is 149 Å². The van der Waals surface area contributed by atoms with Crippen molar-refractivity contribution >= 4 is 11.8 Å². The second-order valence-electron chi connectivity index (χ2n) is 6.66. The van der Waals surface area contributed by atoms with E-state index in [-0.39, 0.29) is 17.7 Å². The smallest absolute Gasteiger partial charge is 0.228 e. The number of hydrogen-bond donors (Lipinski definition) is 0. The first kappa shape index (κ1) is 17.7. The monoisotopic (exact) mass is 345 g/mol. The molecule has 6 nitrogen and oxygen atoms in total. The highest BCUT2D eigenvalue weighted by atomic mass is 16.5. The van der Waals surface area contributed by atoms with Gasteiger partial charge in [-0.1, -0.05) is 18.2 Å². The summed E-state index contributed by atoms with van der Waals surface area (Å²) in [4.78, 5) is 30.5. The zero-order chi connectivity index (χ0) is 17.6. The van der Waals surface area contributed by atoms with E-state index in [0.29, 0.717) is 26.1 Å². The van der Waals surface area contributed by atoms with Crippen LogP contribution in [0.5, 0.6) is 5.75 Å². The third-order valence-electron chi connectivity index (χ3n) is 5.05. The van der Waals surface area contributed by atoms with Crippen LogP contribution < -0.4 is 4.74 Å². The van der Waals surface area contributed by atoms with Crippen molar-refractivity contribution in [1.29, 1.82) is 0 Å². The Kier molecular flexibility index (Phi) is 5.91. The summed E-state index contributed by atoms with van der Waals surface area (Å²) in [5.74, 6) is 0.991. The molecule has 1 aromatic carbocycles. The van der Waals surface area contributed by atoms with Crippen LogP contribution in [0.2, 0.25) is 0 Å². The van der Waals surface area contributed by atoms with E-state index < -0.39 is 0 Å². The van der Waals surface area contributed by atoms with Gasteiger partial charge >= 0.3 is 0 Å². The summed E-state index contributed by atoms with van der Waals surface area (Å²) in [5, 5.41) is 0. The van der Waals surface area contributed by atoms with Gasteiger partial charge in [-0.15, -0.1) is 0 Å². The molecule has 2 fully saturated rings. The van der Waals surface area contributed by atoms with Gasteiger partial charge in [-0.25, -0.2) is 0 Å². The first-order chi connectivity index (χ1) is 12.2. The molecule has 2 heterocycles. The van der Waals surface area contributed by atoms with Crippen molar-refractivity contribution < 1.29 is 14.3 Å². The Morgan fingerprint density at radius 3 is 2.52 bits per heavy atom. The molecule has 3 rings (SSSR count). The molecule has 0 unspecified atom stereocenters. The van der Waals surface area contributed by atoms with Crippen LogP contribution in [0.4, 0.5) is 0 Å². The van der Waals surface area contributed by atoms with Crippen molar-refractivity contribution in [3.8, 4) is 5.75 Å². The van der Waals surface area contributed by atoms with E-state index in [2.05, 4.69) is 4.90 Å². The summed E-state index contributed by atoms with van der Waals surface area (Å²) in [6, 6.07) is 9.82. The third-order valence-corrected chi connectivity index (χ3v) is 5.05. The van der Waals surface area contributed by atoms with Gasteiger partial charge in [0.2, 0.25) is 11.8 Å². The number of carbonyl (C=O) groups is 2. The maximum absolute atomic E-state index is 12.6. The molecule has 136 valence electrons. The largest absolute Gasteiger partial charge is 0.492 e. The van der Waals surface area contributed by atoms with Gasteiger partial charge in [-0.2, -0.15) is 0 Å². The molecule has 0 N–H and O–H groups in total. The van der Waals surface area contributed by atoms with Crippen LogP contribution in [0.1, 0.15) is 13.3 Å². The fourth-order valence-corrected chi connectivity index (χ4v) is 3.50. The van der Waals surface area contributed by atoms with Gasteiger partial charge in [0.05, 0.1) is 5.92 Å². The number of hydrogen-bond acceptors (Lipinski definition) is 4. The lowest BCUT2D eigenvalue weighted by Crippen LogP contribution is -2.51. The summed E-state index contributed by atoms with van der Waals surface area (Å²) in [6.07, 6.45) is 0.373. The molecule has 6 heteroatoms. The lowest BCUT2D eigenvalue weighted by Gasteiger charge is -2.35. The predicted molar refractivity (Wildman–Crippen MR) is 95.3 cm³/mol. The van der Waals surface area contributed by atoms with Crippen LogP contribution in [0.15, 0.2) is 30.3 Å². The number of benzene rings is 1. The summed E-state index contributed by atoms with van der Waals surface area (Å²) < 4.78 is 5.74. The number of ether oxygens (including phenoxy) is 1. The molecule has 0 aromatic heterocycles. The van der Waals surface area contributed by atoms with Gasteiger partial charge in [-0.05, 0) is 19.1 Å². The molecule has 0 radical (unpaired) electrons. The van der Waals surface area contributed by atoms with Crippen molar-refractivity contribution in [2.45, 2.75) is 13.3 Å². The SMILES string of the molecule is CCN1C[C@H](C(=O)N2CCN(CCOc3ccccc3)CC2)CC1=O. The molecule has 2 aliphatic rings. The van der Waals surface area contributed by atoms with E-state index in [1.54, 1.807) is 4.90 Å². The zero-order valence-corrected chi connectivity index (χ0v) is 14.9. The Morgan fingerprint density at radius 2 is 1.88 bits per heavy atom. The molecule has 2 aliphatic heterocycles. The number of para-hydroxylation sites is 1. The number of carbonyl (C=O) groups excluding carboxylic acids is 2. The van der Waals surface area contributed by atoms with Gasteiger partial charge in [0.15, 0.2) is 0 Å². The van der Waals surface area contributed by atoms with E-state index in [0.717, 1.165) is 38.5 Å². The minimum atomic E-state index is -0.152. The fraction of sp³-hybridized carbons (Fsp3) is 0.579. The molecular formula is C19H27N3O3. The maximum Gasteiger partial charge on any atom is 0.228 e. The summed E-state index contributed by atoms with van der Waals surface area (Å²) >= 11 is 0. The van der Waals surface area contributed by atoms with Crippen molar-refractivity contribution in [1.82, 2.24) is 14.7 Å².